The van der Waals surface area contributed by atoms with E-state index in [2.05, 4.69) is 26.6 Å². The van der Waals surface area contributed by atoms with Crippen LogP contribution in [0, 0.1) is 0 Å². The molecule has 0 saturated carbocycles. The molecule has 0 heterocycles. The SMILES string of the molecule is C[C@H](NC(=O)[C@H](CCCCNC(=O)OCc1ccccc1)NC(=O)[C@H](C)NC(=O)[C@H](C)NC(=O)OC(C)(C)C)C(=O)O. The van der Waals surface area contributed by atoms with Crippen molar-refractivity contribution in [3.05, 3.63) is 35.9 Å². The summed E-state index contributed by atoms with van der Waals surface area (Å²) in [5, 5.41) is 21.4. The number of benzene rings is 1. The highest BCUT2D eigenvalue weighted by Crippen LogP contribution is 2.07. The maximum Gasteiger partial charge on any atom is 0.408 e. The lowest BCUT2D eigenvalue weighted by Crippen LogP contribution is -2.56. The van der Waals surface area contributed by atoms with Crippen LogP contribution in [0.15, 0.2) is 30.3 Å². The van der Waals surface area contributed by atoms with E-state index in [0.717, 1.165) is 5.56 Å². The third-order valence-corrected chi connectivity index (χ3v) is 5.64. The Morgan fingerprint density at radius 3 is 1.93 bits per heavy atom. The fourth-order valence-corrected chi connectivity index (χ4v) is 3.33. The highest BCUT2D eigenvalue weighted by Gasteiger charge is 2.28. The van der Waals surface area contributed by atoms with Crippen LogP contribution in [0.1, 0.15) is 66.4 Å². The standard InChI is InChI=1S/C28H43N5O9/c1-17(30-22(34)18(2)32-27(40)42-28(4,5)6)23(35)33-21(24(36)31-19(3)25(37)38)14-10-11-15-29-26(39)41-16-20-12-8-7-9-13-20/h7-9,12-13,17-19,21H,10-11,14-16H2,1-6H3,(H,29,39)(H,30,34)(H,31,36)(H,32,40)(H,33,35)(H,37,38)/t17-,18-,19-,21-/m0/s1. The molecule has 1 aromatic rings. The van der Waals surface area contributed by atoms with Gasteiger partial charge in [-0.2, -0.15) is 0 Å². The Hall–Kier alpha value is -4.36. The summed E-state index contributed by atoms with van der Waals surface area (Å²) >= 11 is 0. The molecule has 42 heavy (non-hydrogen) atoms. The first-order chi connectivity index (χ1) is 19.6. The fourth-order valence-electron chi connectivity index (χ4n) is 3.33. The van der Waals surface area contributed by atoms with Crippen molar-refractivity contribution in [1.29, 1.82) is 0 Å². The number of carbonyl (C=O) groups excluding carboxylic acids is 5. The van der Waals surface area contributed by atoms with Gasteiger partial charge in [0.25, 0.3) is 0 Å². The molecule has 0 saturated heterocycles. The van der Waals surface area contributed by atoms with Crippen LogP contribution in [0.5, 0.6) is 0 Å². The normalized spacial score (nSPS) is 13.8. The van der Waals surface area contributed by atoms with Gasteiger partial charge < -0.3 is 41.2 Å². The molecule has 234 valence electrons. The molecule has 1 aromatic carbocycles. The molecule has 1 rings (SSSR count). The number of hydrogen-bond acceptors (Lipinski definition) is 8. The topological polar surface area (TPSA) is 201 Å². The van der Waals surface area contributed by atoms with Crippen molar-refractivity contribution in [1.82, 2.24) is 26.6 Å². The van der Waals surface area contributed by atoms with Crippen molar-refractivity contribution < 1.29 is 43.3 Å². The molecule has 0 aliphatic rings. The van der Waals surface area contributed by atoms with Crippen LogP contribution < -0.4 is 26.6 Å². The summed E-state index contributed by atoms with van der Waals surface area (Å²) in [5.74, 6) is -3.32. The Morgan fingerprint density at radius 1 is 0.762 bits per heavy atom. The van der Waals surface area contributed by atoms with Crippen LogP contribution in [0.3, 0.4) is 0 Å². The summed E-state index contributed by atoms with van der Waals surface area (Å²) < 4.78 is 10.2. The number of hydrogen-bond donors (Lipinski definition) is 6. The minimum atomic E-state index is -1.25. The van der Waals surface area contributed by atoms with Crippen LogP contribution in [-0.2, 0) is 35.3 Å². The lowest BCUT2D eigenvalue weighted by Gasteiger charge is -2.24. The van der Waals surface area contributed by atoms with Crippen molar-refractivity contribution in [2.45, 2.75) is 97.2 Å². The number of unbranched alkanes of at least 4 members (excludes halogenated alkanes) is 1. The molecular formula is C28H43N5O9. The summed E-state index contributed by atoms with van der Waals surface area (Å²) in [5.41, 5.74) is 0.0788. The molecular weight excluding hydrogens is 550 g/mol. The van der Waals surface area contributed by atoms with E-state index in [1.165, 1.54) is 20.8 Å². The molecule has 0 spiro atoms. The first-order valence-electron chi connectivity index (χ1n) is 13.7. The van der Waals surface area contributed by atoms with E-state index in [1.54, 1.807) is 20.8 Å². The average molecular weight is 594 g/mol. The monoisotopic (exact) mass is 593 g/mol. The smallest absolute Gasteiger partial charge is 0.408 e. The van der Waals surface area contributed by atoms with Crippen molar-refractivity contribution in [3.8, 4) is 0 Å². The van der Waals surface area contributed by atoms with E-state index in [9.17, 15) is 28.8 Å². The molecule has 0 radical (unpaired) electrons. The Balaban J connectivity index is 2.62. The zero-order valence-corrected chi connectivity index (χ0v) is 24.9. The van der Waals surface area contributed by atoms with Gasteiger partial charge in [0.15, 0.2) is 0 Å². The predicted octanol–water partition coefficient (Wildman–Crippen LogP) is 1.58. The largest absolute Gasteiger partial charge is 0.480 e. The molecule has 5 amide bonds. The zero-order chi connectivity index (χ0) is 31.9. The van der Waals surface area contributed by atoms with Crippen molar-refractivity contribution >= 4 is 35.9 Å². The van der Waals surface area contributed by atoms with Gasteiger partial charge >= 0.3 is 18.2 Å². The van der Waals surface area contributed by atoms with E-state index >= 15 is 0 Å². The number of nitrogens with one attached hydrogen (secondary N) is 5. The van der Waals surface area contributed by atoms with Crippen LogP contribution in [0.4, 0.5) is 9.59 Å². The van der Waals surface area contributed by atoms with Gasteiger partial charge in [-0.05, 0) is 66.4 Å². The number of alkyl carbamates (subject to hydrolysis) is 2. The minimum Gasteiger partial charge on any atom is -0.480 e. The summed E-state index contributed by atoms with van der Waals surface area (Å²) in [6.07, 6.45) is -0.449. The molecule has 14 nitrogen and oxygen atoms in total. The third kappa shape index (κ3) is 14.9. The number of carboxylic acids is 1. The minimum absolute atomic E-state index is 0.118. The predicted molar refractivity (Wildman–Crippen MR) is 152 cm³/mol. The van der Waals surface area contributed by atoms with Crippen molar-refractivity contribution in [2.75, 3.05) is 6.54 Å². The van der Waals surface area contributed by atoms with Crippen LogP contribution in [0.2, 0.25) is 0 Å². The van der Waals surface area contributed by atoms with E-state index < -0.39 is 65.6 Å². The second-order valence-corrected chi connectivity index (χ2v) is 10.7. The highest BCUT2D eigenvalue weighted by molar-refractivity contribution is 5.94. The number of ether oxygens (including phenoxy) is 2. The summed E-state index contributed by atoms with van der Waals surface area (Å²) in [6, 6.07) is 4.75. The molecule has 0 bridgehead atoms. The van der Waals surface area contributed by atoms with Gasteiger partial charge in [-0.25, -0.2) is 9.59 Å². The van der Waals surface area contributed by atoms with E-state index in [-0.39, 0.29) is 19.6 Å². The molecule has 0 aromatic heterocycles. The molecule has 0 unspecified atom stereocenters. The fraction of sp³-hybridized carbons (Fsp3) is 0.571. The van der Waals surface area contributed by atoms with Gasteiger partial charge in [-0.3, -0.25) is 19.2 Å². The molecule has 4 atom stereocenters. The zero-order valence-electron chi connectivity index (χ0n) is 24.9. The second-order valence-electron chi connectivity index (χ2n) is 10.7. The van der Waals surface area contributed by atoms with Crippen molar-refractivity contribution in [3.63, 3.8) is 0 Å². The summed E-state index contributed by atoms with van der Waals surface area (Å²) in [6.45, 7) is 9.48. The Bertz CT molecular complexity index is 1080. The van der Waals surface area contributed by atoms with Crippen LogP contribution in [0.25, 0.3) is 0 Å². The number of carbonyl (C=O) groups is 6. The maximum atomic E-state index is 12.8. The lowest BCUT2D eigenvalue weighted by atomic mass is 10.1. The van der Waals surface area contributed by atoms with Gasteiger partial charge in [-0.15, -0.1) is 0 Å². The van der Waals surface area contributed by atoms with Gasteiger partial charge in [0.05, 0.1) is 0 Å². The quantitative estimate of drug-likeness (QED) is 0.163. The Kier molecular flexibility index (Phi) is 14.8. The van der Waals surface area contributed by atoms with Crippen LogP contribution in [-0.4, -0.2) is 77.3 Å². The number of rotatable bonds is 15. The first kappa shape index (κ1) is 35.7. The summed E-state index contributed by atoms with van der Waals surface area (Å²) in [4.78, 5) is 73.0. The molecule has 0 fully saturated rings. The maximum absolute atomic E-state index is 12.8. The Labute approximate surface area is 245 Å². The lowest BCUT2D eigenvalue weighted by molar-refractivity contribution is -0.141. The van der Waals surface area contributed by atoms with Gasteiger partial charge in [0, 0.05) is 6.54 Å². The van der Waals surface area contributed by atoms with Crippen molar-refractivity contribution in [2.24, 2.45) is 0 Å². The van der Waals surface area contributed by atoms with E-state index in [4.69, 9.17) is 14.6 Å². The van der Waals surface area contributed by atoms with Gasteiger partial charge in [0.1, 0.15) is 36.4 Å². The van der Waals surface area contributed by atoms with E-state index in [0.29, 0.717) is 12.8 Å². The number of aliphatic carboxylic acids is 1. The molecule has 6 N–H and O–H groups in total. The first-order valence-corrected chi connectivity index (χ1v) is 13.7. The van der Waals surface area contributed by atoms with Gasteiger partial charge in [0.2, 0.25) is 17.7 Å². The molecule has 0 aliphatic heterocycles. The van der Waals surface area contributed by atoms with E-state index in [1.807, 2.05) is 30.3 Å². The third-order valence-electron chi connectivity index (χ3n) is 5.64. The number of amides is 5. The van der Waals surface area contributed by atoms with Gasteiger partial charge in [-0.1, -0.05) is 30.3 Å². The average Bonchev–Trinajstić information content (AvgIpc) is 2.90. The molecule has 0 aliphatic carbocycles. The second kappa shape index (κ2) is 17.5. The highest BCUT2D eigenvalue weighted by atomic mass is 16.6. The number of carboxylic acid groups (broad SMARTS) is 1. The molecule has 14 heteroatoms. The van der Waals surface area contributed by atoms with Crippen LogP contribution >= 0.6 is 0 Å². The Morgan fingerprint density at radius 2 is 1.33 bits per heavy atom. The summed E-state index contributed by atoms with van der Waals surface area (Å²) in [7, 11) is 0.